The molecule has 0 radical (unpaired) electrons. The second-order valence-electron chi connectivity index (χ2n) is 8.44. The first kappa shape index (κ1) is 28.5. The monoisotopic (exact) mass is 561 g/mol. The molecule has 3 rings (SSSR count). The zero-order valence-electron chi connectivity index (χ0n) is 20.8. The zero-order valence-corrected chi connectivity index (χ0v) is 23.1. The fraction of sp³-hybridized carbons (Fsp3) is 0.259. The molecule has 3 aromatic carbocycles. The highest BCUT2D eigenvalue weighted by Gasteiger charge is 2.34. The van der Waals surface area contributed by atoms with E-state index < -0.39 is 28.5 Å². The number of nitrogens with zero attached hydrogens (tertiary/aromatic N) is 2. The van der Waals surface area contributed by atoms with E-state index in [0.717, 1.165) is 9.87 Å². The summed E-state index contributed by atoms with van der Waals surface area (Å²) in [6.07, 6.45) is 0.334. The summed E-state index contributed by atoms with van der Waals surface area (Å²) < 4.78 is 28.6. The van der Waals surface area contributed by atoms with Crippen LogP contribution in [0.4, 0.5) is 5.69 Å². The molecule has 1 N–H and O–H groups in total. The molecular formula is C27H29Cl2N3O4S. The Kier molecular flexibility index (Phi) is 9.59. The number of rotatable bonds is 10. The summed E-state index contributed by atoms with van der Waals surface area (Å²) in [7, 11) is -2.65. The molecule has 37 heavy (non-hydrogen) atoms. The van der Waals surface area contributed by atoms with E-state index in [4.69, 9.17) is 23.2 Å². The van der Waals surface area contributed by atoms with Crippen molar-refractivity contribution in [2.45, 2.75) is 37.8 Å². The summed E-state index contributed by atoms with van der Waals surface area (Å²) in [5.74, 6) is -0.884. The highest BCUT2D eigenvalue weighted by molar-refractivity contribution is 7.92. The van der Waals surface area contributed by atoms with Crippen LogP contribution in [-0.4, -0.2) is 44.8 Å². The van der Waals surface area contributed by atoms with Crippen molar-refractivity contribution in [3.8, 4) is 0 Å². The Hall–Kier alpha value is -3.07. The lowest BCUT2D eigenvalue weighted by Crippen LogP contribution is -2.51. The fourth-order valence-corrected chi connectivity index (χ4v) is 5.74. The highest BCUT2D eigenvalue weighted by Crippen LogP contribution is 2.30. The first-order chi connectivity index (χ1) is 17.6. The van der Waals surface area contributed by atoms with Gasteiger partial charge in [0.05, 0.1) is 10.6 Å². The van der Waals surface area contributed by atoms with E-state index in [1.807, 2.05) is 0 Å². The van der Waals surface area contributed by atoms with E-state index in [2.05, 4.69) is 5.32 Å². The lowest BCUT2D eigenvalue weighted by Gasteiger charge is -2.33. The molecule has 3 aromatic rings. The lowest BCUT2D eigenvalue weighted by atomic mass is 10.1. The van der Waals surface area contributed by atoms with Crippen molar-refractivity contribution < 1.29 is 18.0 Å². The second-order valence-corrected chi connectivity index (χ2v) is 11.2. The minimum Gasteiger partial charge on any atom is -0.357 e. The molecule has 0 aliphatic carbocycles. The second kappa shape index (κ2) is 12.4. The van der Waals surface area contributed by atoms with Crippen LogP contribution in [-0.2, 0) is 26.2 Å². The number of amides is 2. The van der Waals surface area contributed by atoms with Crippen molar-refractivity contribution in [3.63, 3.8) is 0 Å². The molecule has 1 atom stereocenters. The van der Waals surface area contributed by atoms with Gasteiger partial charge in [0.2, 0.25) is 11.8 Å². The smallest absolute Gasteiger partial charge is 0.264 e. The summed E-state index contributed by atoms with van der Waals surface area (Å²) in [5.41, 5.74) is 1.65. The van der Waals surface area contributed by atoms with Crippen molar-refractivity contribution >= 4 is 50.7 Å². The zero-order chi connectivity index (χ0) is 27.2. The number of hydrogen-bond acceptors (Lipinski definition) is 4. The standard InChI is InChI=1S/C27H29Cl2N3O4S/c1-4-24(27(34)30-3)31(17-20-11-14-21(28)15-12-20)26(33)18-32(25-16-22(29)13-10-19(25)2)37(35,36)23-8-6-5-7-9-23/h5-16,24H,4,17-18H2,1-3H3,(H,30,34)/t24-/m0/s1. The molecule has 2 amide bonds. The maximum Gasteiger partial charge on any atom is 0.264 e. The molecule has 196 valence electrons. The van der Waals surface area contributed by atoms with Crippen LogP contribution in [0.2, 0.25) is 10.0 Å². The predicted molar refractivity (Wildman–Crippen MR) is 147 cm³/mol. The Morgan fingerprint density at radius 1 is 0.946 bits per heavy atom. The predicted octanol–water partition coefficient (Wildman–Crippen LogP) is 5.05. The van der Waals surface area contributed by atoms with Crippen molar-refractivity contribution in [3.05, 3.63) is 94.0 Å². The van der Waals surface area contributed by atoms with Crippen molar-refractivity contribution in [1.82, 2.24) is 10.2 Å². The Labute approximate surface area is 228 Å². The van der Waals surface area contributed by atoms with Crippen LogP contribution in [0.5, 0.6) is 0 Å². The molecule has 0 heterocycles. The van der Waals surface area contributed by atoms with Crippen molar-refractivity contribution in [1.29, 1.82) is 0 Å². The summed E-state index contributed by atoms with van der Waals surface area (Å²) in [5, 5.41) is 3.47. The molecule has 0 spiro atoms. The Balaban J connectivity index is 2.09. The van der Waals surface area contributed by atoms with Crippen LogP contribution in [0, 0.1) is 6.92 Å². The van der Waals surface area contributed by atoms with E-state index in [1.54, 1.807) is 68.4 Å². The number of nitrogens with one attached hydrogen (secondary N) is 1. The molecule has 0 bridgehead atoms. The summed E-state index contributed by atoms with van der Waals surface area (Å²) in [6, 6.07) is 18.9. The Bertz CT molecular complexity index is 1350. The number of likely N-dealkylation sites (N-methyl/N-ethyl adjacent to an activating group) is 1. The summed E-state index contributed by atoms with van der Waals surface area (Å²) >= 11 is 12.2. The van der Waals surface area contributed by atoms with Gasteiger partial charge in [0.25, 0.3) is 10.0 Å². The topological polar surface area (TPSA) is 86.8 Å². The molecule has 7 nitrogen and oxygen atoms in total. The number of sulfonamides is 1. The third-order valence-corrected chi connectivity index (χ3v) is 8.21. The van der Waals surface area contributed by atoms with E-state index in [1.165, 1.54) is 30.1 Å². The van der Waals surface area contributed by atoms with E-state index in [0.29, 0.717) is 22.0 Å². The van der Waals surface area contributed by atoms with Gasteiger partial charge in [0, 0.05) is 23.6 Å². The van der Waals surface area contributed by atoms with Gasteiger partial charge in [0.1, 0.15) is 12.6 Å². The Morgan fingerprint density at radius 2 is 1.57 bits per heavy atom. The largest absolute Gasteiger partial charge is 0.357 e. The molecular weight excluding hydrogens is 533 g/mol. The average Bonchev–Trinajstić information content (AvgIpc) is 2.89. The van der Waals surface area contributed by atoms with Crippen LogP contribution in [0.15, 0.2) is 77.7 Å². The van der Waals surface area contributed by atoms with Crippen LogP contribution in [0.1, 0.15) is 24.5 Å². The maximum absolute atomic E-state index is 13.9. The molecule has 0 aliphatic heterocycles. The van der Waals surface area contributed by atoms with Gasteiger partial charge in [-0.3, -0.25) is 13.9 Å². The minimum absolute atomic E-state index is 0.0322. The number of benzene rings is 3. The van der Waals surface area contributed by atoms with E-state index in [-0.39, 0.29) is 23.0 Å². The molecule has 0 aliphatic rings. The number of aryl methyl sites for hydroxylation is 1. The summed E-state index contributed by atoms with van der Waals surface area (Å²) in [4.78, 5) is 28.0. The van der Waals surface area contributed by atoms with Crippen LogP contribution >= 0.6 is 23.2 Å². The number of halogens is 2. The number of carbonyl (C=O) groups is 2. The summed E-state index contributed by atoms with van der Waals surface area (Å²) in [6.45, 7) is 3.10. The number of hydrogen-bond donors (Lipinski definition) is 1. The molecule has 0 saturated heterocycles. The molecule has 0 fully saturated rings. The van der Waals surface area contributed by atoms with Gasteiger partial charge in [-0.05, 0) is 60.9 Å². The van der Waals surface area contributed by atoms with Gasteiger partial charge in [-0.25, -0.2) is 8.42 Å². The highest BCUT2D eigenvalue weighted by atomic mass is 35.5. The SMILES string of the molecule is CC[C@@H](C(=O)NC)N(Cc1ccc(Cl)cc1)C(=O)CN(c1cc(Cl)ccc1C)S(=O)(=O)c1ccccc1. The van der Waals surface area contributed by atoms with E-state index >= 15 is 0 Å². The molecule has 0 aromatic heterocycles. The minimum atomic E-state index is -4.15. The number of anilines is 1. The van der Waals surface area contributed by atoms with Gasteiger partial charge in [-0.1, -0.05) is 66.5 Å². The average molecular weight is 563 g/mol. The quantitative estimate of drug-likeness (QED) is 0.375. The lowest BCUT2D eigenvalue weighted by molar-refractivity contribution is -0.140. The molecule has 10 heteroatoms. The van der Waals surface area contributed by atoms with Gasteiger partial charge in [-0.15, -0.1) is 0 Å². The van der Waals surface area contributed by atoms with Crippen molar-refractivity contribution in [2.75, 3.05) is 17.9 Å². The van der Waals surface area contributed by atoms with Crippen LogP contribution in [0.3, 0.4) is 0 Å². The third-order valence-electron chi connectivity index (χ3n) is 5.95. The van der Waals surface area contributed by atoms with Gasteiger partial charge in [-0.2, -0.15) is 0 Å². The van der Waals surface area contributed by atoms with Gasteiger partial charge >= 0.3 is 0 Å². The molecule has 0 unspecified atom stereocenters. The maximum atomic E-state index is 13.9. The first-order valence-corrected chi connectivity index (χ1v) is 13.9. The van der Waals surface area contributed by atoms with Crippen LogP contribution < -0.4 is 9.62 Å². The van der Waals surface area contributed by atoms with Crippen LogP contribution in [0.25, 0.3) is 0 Å². The van der Waals surface area contributed by atoms with E-state index in [9.17, 15) is 18.0 Å². The Morgan fingerprint density at radius 3 is 2.16 bits per heavy atom. The van der Waals surface area contributed by atoms with Crippen molar-refractivity contribution in [2.24, 2.45) is 0 Å². The molecule has 0 saturated carbocycles. The fourth-order valence-electron chi connectivity index (χ4n) is 3.96. The van der Waals surface area contributed by atoms with Gasteiger partial charge in [0.15, 0.2) is 0 Å². The normalized spacial score (nSPS) is 12.0. The number of carbonyl (C=O) groups excluding carboxylic acids is 2. The third kappa shape index (κ3) is 6.83. The van der Waals surface area contributed by atoms with Gasteiger partial charge < -0.3 is 10.2 Å². The first-order valence-electron chi connectivity index (χ1n) is 11.7.